The van der Waals surface area contributed by atoms with Gasteiger partial charge in [0.25, 0.3) is 0 Å². The summed E-state index contributed by atoms with van der Waals surface area (Å²) < 4.78 is 32.0. The standard InChI is InChI=1S/C16H12F2O2/c17-14(13-9-5-2-6-10-13)15(18)16(19)20-11-12-7-3-1-4-8-12/h1-10H,11H2/b15-14-. The van der Waals surface area contributed by atoms with E-state index in [0.29, 0.717) is 5.56 Å². The SMILES string of the molecule is O=C(OCc1ccccc1)/C(F)=C(/F)c1ccccc1. The van der Waals surface area contributed by atoms with E-state index >= 15 is 0 Å². The molecular weight excluding hydrogens is 262 g/mol. The maximum absolute atomic E-state index is 13.7. The van der Waals surface area contributed by atoms with Crippen molar-refractivity contribution in [1.29, 1.82) is 0 Å². The molecule has 0 aromatic heterocycles. The van der Waals surface area contributed by atoms with Crippen molar-refractivity contribution in [1.82, 2.24) is 0 Å². The van der Waals surface area contributed by atoms with Crippen molar-refractivity contribution < 1.29 is 18.3 Å². The summed E-state index contributed by atoms with van der Waals surface area (Å²) in [5.41, 5.74) is 0.704. The summed E-state index contributed by atoms with van der Waals surface area (Å²) in [7, 11) is 0. The van der Waals surface area contributed by atoms with Gasteiger partial charge >= 0.3 is 5.97 Å². The van der Waals surface area contributed by atoms with Gasteiger partial charge in [0, 0.05) is 5.56 Å². The number of hydrogen-bond acceptors (Lipinski definition) is 2. The zero-order chi connectivity index (χ0) is 14.4. The van der Waals surface area contributed by atoms with Crippen molar-refractivity contribution in [2.24, 2.45) is 0 Å². The topological polar surface area (TPSA) is 26.3 Å². The van der Waals surface area contributed by atoms with Crippen LogP contribution in [-0.4, -0.2) is 5.97 Å². The lowest BCUT2D eigenvalue weighted by atomic mass is 10.2. The predicted molar refractivity (Wildman–Crippen MR) is 71.8 cm³/mol. The molecule has 0 amide bonds. The fourth-order valence-electron chi connectivity index (χ4n) is 1.59. The van der Waals surface area contributed by atoms with Gasteiger partial charge in [0.1, 0.15) is 6.61 Å². The fraction of sp³-hybridized carbons (Fsp3) is 0.0625. The largest absolute Gasteiger partial charge is 0.455 e. The summed E-state index contributed by atoms with van der Waals surface area (Å²) in [5.74, 6) is -4.05. The van der Waals surface area contributed by atoms with Gasteiger partial charge in [0.2, 0.25) is 5.83 Å². The van der Waals surface area contributed by atoms with Crippen molar-refractivity contribution in [2.75, 3.05) is 0 Å². The molecule has 0 aliphatic carbocycles. The van der Waals surface area contributed by atoms with E-state index in [1.165, 1.54) is 12.1 Å². The van der Waals surface area contributed by atoms with Crippen molar-refractivity contribution in [3.8, 4) is 0 Å². The normalized spacial score (nSPS) is 11.7. The van der Waals surface area contributed by atoms with Gasteiger partial charge in [-0.3, -0.25) is 0 Å². The van der Waals surface area contributed by atoms with E-state index in [2.05, 4.69) is 0 Å². The number of hydrogen-bond donors (Lipinski definition) is 0. The zero-order valence-corrected chi connectivity index (χ0v) is 10.6. The Morgan fingerprint density at radius 2 is 1.45 bits per heavy atom. The molecule has 0 unspecified atom stereocenters. The van der Waals surface area contributed by atoms with Crippen molar-refractivity contribution >= 4 is 11.8 Å². The average Bonchev–Trinajstić information content (AvgIpc) is 2.53. The van der Waals surface area contributed by atoms with Gasteiger partial charge in [-0.15, -0.1) is 0 Å². The van der Waals surface area contributed by atoms with Crippen LogP contribution in [0.15, 0.2) is 66.5 Å². The Morgan fingerprint density at radius 3 is 2.05 bits per heavy atom. The summed E-state index contributed by atoms with van der Waals surface area (Å²) >= 11 is 0. The van der Waals surface area contributed by atoms with Gasteiger partial charge in [0.15, 0.2) is 5.83 Å². The van der Waals surface area contributed by atoms with E-state index in [9.17, 15) is 13.6 Å². The lowest BCUT2D eigenvalue weighted by Gasteiger charge is -2.04. The molecule has 0 fully saturated rings. The molecule has 2 aromatic carbocycles. The van der Waals surface area contributed by atoms with E-state index in [1.54, 1.807) is 48.5 Å². The lowest BCUT2D eigenvalue weighted by molar-refractivity contribution is -0.142. The third-order valence-electron chi connectivity index (χ3n) is 2.61. The van der Waals surface area contributed by atoms with Crippen LogP contribution in [0.2, 0.25) is 0 Å². The summed E-state index contributed by atoms with van der Waals surface area (Å²) in [5, 5.41) is 0. The fourth-order valence-corrected chi connectivity index (χ4v) is 1.59. The second-order valence-corrected chi connectivity index (χ2v) is 4.06. The highest BCUT2D eigenvalue weighted by molar-refractivity contribution is 5.93. The van der Waals surface area contributed by atoms with Crippen LogP contribution in [0.25, 0.3) is 5.83 Å². The average molecular weight is 274 g/mol. The monoisotopic (exact) mass is 274 g/mol. The predicted octanol–water partition coefficient (Wildman–Crippen LogP) is 4.04. The Hall–Kier alpha value is -2.49. The van der Waals surface area contributed by atoms with Crippen LogP contribution in [0.5, 0.6) is 0 Å². The van der Waals surface area contributed by atoms with Gasteiger partial charge in [-0.25, -0.2) is 9.18 Å². The van der Waals surface area contributed by atoms with E-state index in [-0.39, 0.29) is 12.2 Å². The van der Waals surface area contributed by atoms with Crippen molar-refractivity contribution in [2.45, 2.75) is 6.61 Å². The molecule has 0 spiro atoms. The van der Waals surface area contributed by atoms with Gasteiger partial charge < -0.3 is 4.74 Å². The van der Waals surface area contributed by atoms with E-state index < -0.39 is 17.6 Å². The molecule has 0 aliphatic rings. The van der Waals surface area contributed by atoms with Crippen LogP contribution in [0.3, 0.4) is 0 Å². The molecule has 0 heterocycles. The molecule has 0 atom stereocenters. The van der Waals surface area contributed by atoms with Crippen LogP contribution >= 0.6 is 0 Å². The highest BCUT2D eigenvalue weighted by Crippen LogP contribution is 2.22. The summed E-state index contributed by atoms with van der Waals surface area (Å²) in [6, 6.07) is 16.3. The molecule has 2 rings (SSSR count). The first-order valence-electron chi connectivity index (χ1n) is 6.00. The molecular formula is C16H12F2O2. The van der Waals surface area contributed by atoms with Crippen LogP contribution in [0, 0.1) is 0 Å². The zero-order valence-electron chi connectivity index (χ0n) is 10.6. The summed E-state index contributed by atoms with van der Waals surface area (Å²) in [4.78, 5) is 11.4. The molecule has 0 aliphatic heterocycles. The van der Waals surface area contributed by atoms with E-state index in [1.807, 2.05) is 0 Å². The molecule has 0 saturated carbocycles. The molecule has 4 heteroatoms. The molecule has 2 aromatic rings. The number of carbonyl (C=O) groups is 1. The summed E-state index contributed by atoms with van der Waals surface area (Å²) in [6.45, 7) is -0.102. The first-order valence-corrected chi connectivity index (χ1v) is 6.00. The van der Waals surface area contributed by atoms with Crippen LogP contribution in [0.1, 0.15) is 11.1 Å². The molecule has 0 saturated heterocycles. The number of halogens is 2. The Morgan fingerprint density at radius 1 is 0.900 bits per heavy atom. The van der Waals surface area contributed by atoms with Gasteiger partial charge in [-0.1, -0.05) is 60.7 Å². The smallest absolute Gasteiger partial charge is 0.370 e. The Balaban J connectivity index is 2.05. The highest BCUT2D eigenvalue weighted by atomic mass is 19.2. The lowest BCUT2D eigenvalue weighted by Crippen LogP contribution is -2.06. The Bertz CT molecular complexity index is 607. The van der Waals surface area contributed by atoms with Crippen LogP contribution < -0.4 is 0 Å². The minimum absolute atomic E-state index is 0.00154. The molecule has 2 nitrogen and oxygen atoms in total. The molecule has 0 N–H and O–H groups in total. The van der Waals surface area contributed by atoms with Crippen LogP contribution in [-0.2, 0) is 16.1 Å². The van der Waals surface area contributed by atoms with Crippen molar-refractivity contribution in [3.63, 3.8) is 0 Å². The first kappa shape index (κ1) is 13.9. The third kappa shape index (κ3) is 3.51. The number of ether oxygens (including phenoxy) is 1. The van der Waals surface area contributed by atoms with Gasteiger partial charge in [-0.05, 0) is 5.56 Å². The summed E-state index contributed by atoms with van der Waals surface area (Å²) in [6.07, 6.45) is 0. The van der Waals surface area contributed by atoms with Crippen molar-refractivity contribution in [3.05, 3.63) is 77.6 Å². The second-order valence-electron chi connectivity index (χ2n) is 4.06. The number of benzene rings is 2. The van der Waals surface area contributed by atoms with E-state index in [4.69, 9.17) is 4.74 Å². The Kier molecular flexibility index (Phi) is 4.60. The molecule has 102 valence electrons. The van der Waals surface area contributed by atoms with Gasteiger partial charge in [0.05, 0.1) is 0 Å². The molecule has 20 heavy (non-hydrogen) atoms. The Labute approximate surface area is 115 Å². The minimum Gasteiger partial charge on any atom is -0.455 e. The van der Waals surface area contributed by atoms with Crippen LogP contribution in [0.4, 0.5) is 8.78 Å². The molecule has 0 radical (unpaired) electrons. The molecule has 0 bridgehead atoms. The number of carbonyl (C=O) groups excluding carboxylic acids is 1. The third-order valence-corrected chi connectivity index (χ3v) is 2.61. The second kappa shape index (κ2) is 6.61. The maximum atomic E-state index is 13.7. The quantitative estimate of drug-likeness (QED) is 0.621. The number of rotatable bonds is 4. The maximum Gasteiger partial charge on any atom is 0.370 e. The van der Waals surface area contributed by atoms with Gasteiger partial charge in [-0.2, -0.15) is 4.39 Å². The number of esters is 1. The van der Waals surface area contributed by atoms with E-state index in [0.717, 1.165) is 0 Å². The highest BCUT2D eigenvalue weighted by Gasteiger charge is 2.18. The first-order chi connectivity index (χ1) is 9.68. The minimum atomic E-state index is -1.52.